The molecule has 0 fully saturated rings. The number of ether oxygens (including phenoxy) is 1. The van der Waals surface area contributed by atoms with Crippen LogP contribution in [0.15, 0.2) is 58.5 Å². The largest absolute Gasteiger partial charge is 0.493 e. The first kappa shape index (κ1) is 16.3. The molecule has 1 aromatic heterocycles. The maximum Gasteiger partial charge on any atom is 0.266 e. The van der Waals surface area contributed by atoms with Gasteiger partial charge in [0.05, 0.1) is 7.11 Å². The molecule has 5 nitrogen and oxygen atoms in total. The molecule has 0 saturated carbocycles. The number of amides is 1. The second-order valence-corrected chi connectivity index (χ2v) is 5.47. The molecule has 2 aromatic carbocycles. The van der Waals surface area contributed by atoms with E-state index in [1.54, 1.807) is 25.3 Å². The van der Waals surface area contributed by atoms with E-state index < -0.39 is 5.91 Å². The number of fused-ring (bicyclic) bond motifs is 1. The number of para-hydroxylation sites is 2. The quantitative estimate of drug-likeness (QED) is 0.571. The van der Waals surface area contributed by atoms with Crippen molar-refractivity contribution in [3.63, 3.8) is 0 Å². The van der Waals surface area contributed by atoms with Crippen molar-refractivity contribution >= 4 is 28.6 Å². The van der Waals surface area contributed by atoms with E-state index in [0.717, 1.165) is 10.9 Å². The number of anilines is 1. The first-order chi connectivity index (χ1) is 12.1. The van der Waals surface area contributed by atoms with Crippen LogP contribution in [0.3, 0.4) is 0 Å². The highest BCUT2D eigenvalue weighted by Gasteiger charge is 2.13. The van der Waals surface area contributed by atoms with Gasteiger partial charge >= 0.3 is 0 Å². The Balaban J connectivity index is 1.91. The molecule has 0 aliphatic heterocycles. The number of rotatable bonds is 4. The minimum Gasteiger partial charge on any atom is -0.493 e. The Kier molecular flexibility index (Phi) is 4.53. The standard InChI is InChI=1S/C20H16N2O3/c1-13-6-3-4-8-17(13)22-20(23)15(12-21)11-16-10-14-7-5-9-18(24-2)19(14)25-16/h3-11H,1-2H3,(H,22,23)/b15-11+. The zero-order chi connectivity index (χ0) is 17.8. The summed E-state index contributed by atoms with van der Waals surface area (Å²) in [6.07, 6.45) is 1.42. The van der Waals surface area contributed by atoms with Crippen molar-refractivity contribution < 1.29 is 13.9 Å². The van der Waals surface area contributed by atoms with Crippen LogP contribution in [0, 0.1) is 18.3 Å². The molecule has 0 unspecified atom stereocenters. The molecule has 0 saturated heterocycles. The number of nitriles is 1. The molecule has 3 aromatic rings. The Morgan fingerprint density at radius 1 is 1.24 bits per heavy atom. The Labute approximate surface area is 145 Å². The van der Waals surface area contributed by atoms with Crippen LogP contribution in [0.2, 0.25) is 0 Å². The van der Waals surface area contributed by atoms with Crippen molar-refractivity contribution in [1.82, 2.24) is 0 Å². The second kappa shape index (κ2) is 6.93. The van der Waals surface area contributed by atoms with Crippen LogP contribution >= 0.6 is 0 Å². The first-order valence-corrected chi connectivity index (χ1v) is 7.67. The predicted molar refractivity (Wildman–Crippen MR) is 96.2 cm³/mol. The van der Waals surface area contributed by atoms with Crippen LogP contribution in [0.25, 0.3) is 17.0 Å². The lowest BCUT2D eigenvalue weighted by molar-refractivity contribution is -0.112. The molecule has 3 rings (SSSR count). The Hall–Kier alpha value is -3.52. The summed E-state index contributed by atoms with van der Waals surface area (Å²) in [5.74, 6) is 0.528. The van der Waals surface area contributed by atoms with Gasteiger partial charge in [0.2, 0.25) is 0 Å². The summed E-state index contributed by atoms with van der Waals surface area (Å²) in [6, 6.07) is 16.6. The lowest BCUT2D eigenvalue weighted by Crippen LogP contribution is -2.14. The summed E-state index contributed by atoms with van der Waals surface area (Å²) >= 11 is 0. The predicted octanol–water partition coefficient (Wildman–Crippen LogP) is 4.30. The van der Waals surface area contributed by atoms with Crippen molar-refractivity contribution in [3.8, 4) is 11.8 Å². The molecule has 0 radical (unpaired) electrons. The van der Waals surface area contributed by atoms with Gasteiger partial charge in [0.1, 0.15) is 17.4 Å². The number of hydrogen-bond donors (Lipinski definition) is 1. The van der Waals surface area contributed by atoms with E-state index in [1.165, 1.54) is 6.08 Å². The highest BCUT2D eigenvalue weighted by molar-refractivity contribution is 6.10. The molecule has 0 atom stereocenters. The van der Waals surface area contributed by atoms with E-state index in [-0.39, 0.29) is 5.57 Å². The smallest absolute Gasteiger partial charge is 0.266 e. The molecular weight excluding hydrogens is 316 g/mol. The van der Waals surface area contributed by atoms with E-state index >= 15 is 0 Å². The van der Waals surface area contributed by atoms with Gasteiger partial charge < -0.3 is 14.5 Å². The summed E-state index contributed by atoms with van der Waals surface area (Å²) < 4.78 is 11.0. The molecule has 5 heteroatoms. The van der Waals surface area contributed by atoms with Crippen molar-refractivity contribution in [2.75, 3.05) is 12.4 Å². The topological polar surface area (TPSA) is 75.3 Å². The third-order valence-electron chi connectivity index (χ3n) is 3.79. The van der Waals surface area contributed by atoms with Gasteiger partial charge in [0, 0.05) is 17.1 Å². The van der Waals surface area contributed by atoms with Gasteiger partial charge in [-0.05, 0) is 30.7 Å². The van der Waals surface area contributed by atoms with Crippen LogP contribution in [0.5, 0.6) is 5.75 Å². The number of benzene rings is 2. The van der Waals surface area contributed by atoms with Crippen molar-refractivity contribution in [3.05, 3.63) is 65.4 Å². The highest BCUT2D eigenvalue weighted by atomic mass is 16.5. The number of hydrogen-bond acceptors (Lipinski definition) is 4. The summed E-state index contributed by atoms with van der Waals surface area (Å²) in [5.41, 5.74) is 2.12. The fraction of sp³-hybridized carbons (Fsp3) is 0.100. The van der Waals surface area contributed by atoms with Crippen molar-refractivity contribution in [2.45, 2.75) is 6.92 Å². The minimum absolute atomic E-state index is 0.0405. The maximum atomic E-state index is 12.4. The van der Waals surface area contributed by atoms with Crippen LogP contribution in [-0.2, 0) is 4.79 Å². The van der Waals surface area contributed by atoms with Gasteiger partial charge in [0.15, 0.2) is 11.3 Å². The summed E-state index contributed by atoms with van der Waals surface area (Å²) in [6.45, 7) is 1.89. The van der Waals surface area contributed by atoms with Crippen LogP contribution < -0.4 is 10.1 Å². The zero-order valence-electron chi connectivity index (χ0n) is 13.9. The number of methoxy groups -OCH3 is 1. The molecule has 25 heavy (non-hydrogen) atoms. The Morgan fingerprint density at radius 3 is 2.76 bits per heavy atom. The monoisotopic (exact) mass is 332 g/mol. The molecule has 0 aliphatic carbocycles. The van der Waals surface area contributed by atoms with E-state index in [4.69, 9.17) is 9.15 Å². The third-order valence-corrected chi connectivity index (χ3v) is 3.79. The van der Waals surface area contributed by atoms with E-state index in [2.05, 4.69) is 5.32 Å². The van der Waals surface area contributed by atoms with Gasteiger partial charge in [0.25, 0.3) is 5.91 Å². The van der Waals surface area contributed by atoms with Gasteiger partial charge in [-0.25, -0.2) is 0 Å². The van der Waals surface area contributed by atoms with Crippen LogP contribution in [0.4, 0.5) is 5.69 Å². The Bertz CT molecular complexity index is 1010. The van der Waals surface area contributed by atoms with Gasteiger partial charge in [-0.1, -0.05) is 30.3 Å². The first-order valence-electron chi connectivity index (χ1n) is 7.67. The molecule has 1 N–H and O–H groups in total. The van der Waals surface area contributed by atoms with Crippen molar-refractivity contribution in [1.29, 1.82) is 5.26 Å². The number of aryl methyl sites for hydroxylation is 1. The molecule has 0 aliphatic rings. The maximum absolute atomic E-state index is 12.4. The number of nitrogens with one attached hydrogen (secondary N) is 1. The minimum atomic E-state index is -0.482. The van der Waals surface area contributed by atoms with Gasteiger partial charge in [-0.2, -0.15) is 5.26 Å². The van der Waals surface area contributed by atoms with E-state index in [0.29, 0.717) is 22.8 Å². The number of nitrogens with zero attached hydrogens (tertiary/aromatic N) is 1. The second-order valence-electron chi connectivity index (χ2n) is 5.47. The van der Waals surface area contributed by atoms with Gasteiger partial charge in [-0.15, -0.1) is 0 Å². The normalized spacial score (nSPS) is 11.2. The summed E-state index contributed by atoms with van der Waals surface area (Å²) in [4.78, 5) is 12.4. The zero-order valence-corrected chi connectivity index (χ0v) is 13.9. The summed E-state index contributed by atoms with van der Waals surface area (Å²) in [7, 11) is 1.56. The number of furan rings is 1. The van der Waals surface area contributed by atoms with Gasteiger partial charge in [-0.3, -0.25) is 4.79 Å². The lowest BCUT2D eigenvalue weighted by atomic mass is 10.1. The van der Waals surface area contributed by atoms with Crippen molar-refractivity contribution in [2.24, 2.45) is 0 Å². The number of carbonyl (C=O) groups excluding carboxylic acids is 1. The molecular formula is C20H16N2O3. The molecule has 124 valence electrons. The SMILES string of the molecule is COc1cccc2cc(/C=C(\C#N)C(=O)Nc3ccccc3C)oc12. The molecule has 1 amide bonds. The highest BCUT2D eigenvalue weighted by Crippen LogP contribution is 2.29. The average Bonchev–Trinajstić information content (AvgIpc) is 3.04. The third kappa shape index (κ3) is 3.38. The molecule has 0 spiro atoms. The summed E-state index contributed by atoms with van der Waals surface area (Å²) in [5, 5.41) is 12.9. The molecule has 0 bridgehead atoms. The van der Waals surface area contributed by atoms with Crippen LogP contribution in [-0.4, -0.2) is 13.0 Å². The average molecular weight is 332 g/mol. The fourth-order valence-corrected chi connectivity index (χ4v) is 2.48. The Morgan fingerprint density at radius 2 is 2.04 bits per heavy atom. The van der Waals surface area contributed by atoms with E-state index in [1.807, 2.05) is 43.3 Å². The molecule has 1 heterocycles. The van der Waals surface area contributed by atoms with E-state index in [9.17, 15) is 10.1 Å². The fourth-order valence-electron chi connectivity index (χ4n) is 2.48. The van der Waals surface area contributed by atoms with Crippen LogP contribution in [0.1, 0.15) is 11.3 Å². The number of carbonyl (C=O) groups is 1. The lowest BCUT2D eigenvalue weighted by Gasteiger charge is -2.06.